The molecule has 0 aromatic rings. The first kappa shape index (κ1) is 39.9. The van der Waals surface area contributed by atoms with E-state index in [0.717, 1.165) is 51.4 Å². The molecular formula is C30H54AlNaO7S. The van der Waals surface area contributed by atoms with Crippen LogP contribution in [0.3, 0.4) is 0 Å². The number of unbranched alkanes of at least 4 members (excludes halogenated alkanes) is 2. The maximum absolute atomic E-state index is 12.2. The van der Waals surface area contributed by atoms with Crippen LogP contribution in [0.2, 0.25) is 4.78 Å². The van der Waals surface area contributed by atoms with E-state index in [-0.39, 0.29) is 69.8 Å². The fourth-order valence-corrected chi connectivity index (χ4v) is 8.04. The summed E-state index contributed by atoms with van der Waals surface area (Å²) in [7, 11) is -4.76. The van der Waals surface area contributed by atoms with Crippen LogP contribution in [0.5, 0.6) is 0 Å². The molecule has 40 heavy (non-hydrogen) atoms. The van der Waals surface area contributed by atoms with Gasteiger partial charge in [0.25, 0.3) is 25.3 Å². The summed E-state index contributed by atoms with van der Waals surface area (Å²) in [6.45, 7) is 8.35. The summed E-state index contributed by atoms with van der Waals surface area (Å²) in [4.78, 5) is 24.2. The second-order valence-corrected chi connectivity index (χ2v) is 15.2. The van der Waals surface area contributed by atoms with E-state index in [0.29, 0.717) is 0 Å². The molecule has 0 amide bonds. The van der Waals surface area contributed by atoms with Crippen molar-refractivity contribution < 1.29 is 32.0 Å². The van der Waals surface area contributed by atoms with Crippen molar-refractivity contribution in [3.63, 3.8) is 0 Å². The minimum atomic E-state index is -4.76. The van der Waals surface area contributed by atoms with Gasteiger partial charge in [-0.15, -0.1) is 4.44 Å². The van der Waals surface area contributed by atoms with E-state index in [9.17, 15) is 22.6 Å². The van der Waals surface area contributed by atoms with Crippen molar-refractivity contribution in [3.05, 3.63) is 22.7 Å². The van der Waals surface area contributed by atoms with Crippen molar-refractivity contribution in [2.24, 2.45) is 11.8 Å². The van der Waals surface area contributed by atoms with Gasteiger partial charge in [0, 0.05) is 0 Å². The van der Waals surface area contributed by atoms with Gasteiger partial charge in [0.05, 0.1) is 19.6 Å². The number of carbonyl (C=O) groups excluding carboxylic acids is 2. The first-order chi connectivity index (χ1) is 18.6. The zero-order chi connectivity index (χ0) is 29.1. The summed E-state index contributed by atoms with van der Waals surface area (Å²) >= 11 is 0.163. The Morgan fingerprint density at radius 3 is 1.98 bits per heavy atom. The molecule has 0 spiro atoms. The molecule has 10 heteroatoms. The predicted octanol–water partition coefficient (Wildman–Crippen LogP) is 6.13. The molecule has 0 heterocycles. The number of esters is 2. The topological polar surface area (TPSA) is 107 Å². The van der Waals surface area contributed by atoms with Crippen LogP contribution in [0.1, 0.15) is 118 Å². The standard InChI is InChI=1S/C20H38O7S.C5H9.C5H5.Al.Na.2H/c1-5-9-11-16(7-3)14-26-19(21)13-18(28(23,24)25)20(22)27-15-17(8-4)12-10-6-2;2*1-2-4-5-3-1;;;;/h16-18H,5-15H2,1-4H3,(H,23,24,25);1H,2-5H2;1-3H,4H2;;;;. The van der Waals surface area contributed by atoms with Crippen molar-refractivity contribution in [2.45, 2.75) is 128 Å². The molecule has 2 aliphatic carbocycles. The van der Waals surface area contributed by atoms with Gasteiger partial charge < -0.3 is 9.47 Å². The Morgan fingerprint density at radius 2 is 1.52 bits per heavy atom. The fourth-order valence-electron chi connectivity index (χ4n) is 5.05. The van der Waals surface area contributed by atoms with Crippen LogP contribution in [0, 0.1) is 11.8 Å². The average Bonchev–Trinajstić information content (AvgIpc) is 3.62. The quantitative estimate of drug-likeness (QED) is 0.113. The van der Waals surface area contributed by atoms with E-state index in [1.54, 1.807) is 17.3 Å². The van der Waals surface area contributed by atoms with Crippen molar-refractivity contribution >= 4 is 66.8 Å². The van der Waals surface area contributed by atoms with Crippen LogP contribution in [-0.4, -0.2) is 88.1 Å². The minimum absolute atomic E-state index is 0. The Morgan fingerprint density at radius 1 is 0.975 bits per heavy atom. The number of hydrogen-bond donors (Lipinski definition) is 1. The number of hydrogen-bond acceptors (Lipinski definition) is 6. The third-order valence-corrected chi connectivity index (χ3v) is 11.4. The van der Waals surface area contributed by atoms with E-state index in [1.807, 2.05) is 13.8 Å². The first-order valence-electron chi connectivity index (χ1n) is 15.3. The summed E-state index contributed by atoms with van der Waals surface area (Å²) in [5, 5.41) is -1.95. The summed E-state index contributed by atoms with van der Waals surface area (Å²) in [6, 6.07) is 0. The molecule has 7 nitrogen and oxygen atoms in total. The molecule has 3 atom stereocenters. The van der Waals surface area contributed by atoms with Gasteiger partial charge in [-0.3, -0.25) is 14.1 Å². The molecule has 2 rings (SSSR count). The number of allylic oxidation sites excluding steroid dienone is 4. The molecule has 0 radical (unpaired) electrons. The van der Waals surface area contributed by atoms with Crippen LogP contribution in [0.25, 0.3) is 0 Å². The molecule has 3 unspecified atom stereocenters. The number of rotatable bonds is 18. The second kappa shape index (κ2) is 23.3. The zero-order valence-corrected chi connectivity index (χ0v) is 27.1. The molecular weight excluding hydrogens is 554 g/mol. The Bertz CT molecular complexity index is 869. The van der Waals surface area contributed by atoms with E-state index in [1.165, 1.54) is 24.0 Å². The number of carbonyl (C=O) groups is 2. The van der Waals surface area contributed by atoms with E-state index in [2.05, 4.69) is 32.1 Å². The maximum atomic E-state index is 12.2. The normalized spacial score (nSPS) is 17.1. The van der Waals surface area contributed by atoms with Gasteiger partial charge in [-0.05, 0) is 31.1 Å². The molecule has 1 N–H and O–H groups in total. The first-order valence-corrected chi connectivity index (χ1v) is 18.3. The Kier molecular flexibility index (Phi) is 23.3. The summed E-state index contributed by atoms with van der Waals surface area (Å²) < 4.78 is 45.7. The van der Waals surface area contributed by atoms with Gasteiger partial charge in [-0.2, -0.15) is 8.42 Å². The molecule has 2 aliphatic rings. The Balaban J connectivity index is 0.00000104. The monoisotopic (exact) mass is 608 g/mol. The molecule has 1 fully saturated rings. The Labute approximate surface area is 272 Å². The SMILES string of the molecule is C1=CC[C]([AlH][CH]2CCCC2)=C1.CCCCC(CC)COC(=O)CC(C(=O)OCC(CC)CCCC)S(=O)(=O)O.[NaH]. The van der Waals surface area contributed by atoms with E-state index in [4.69, 9.17) is 9.47 Å². The van der Waals surface area contributed by atoms with Crippen LogP contribution in [0.4, 0.5) is 0 Å². The third-order valence-electron chi connectivity index (χ3n) is 7.88. The summed E-state index contributed by atoms with van der Waals surface area (Å²) in [5.41, 5.74) is 0. The van der Waals surface area contributed by atoms with Crippen molar-refractivity contribution in [2.75, 3.05) is 13.2 Å². The molecule has 1 saturated carbocycles. The number of ether oxygens (including phenoxy) is 2. The summed E-state index contributed by atoms with van der Waals surface area (Å²) in [6.07, 6.45) is 21.1. The van der Waals surface area contributed by atoms with Crippen molar-refractivity contribution in [3.8, 4) is 0 Å². The van der Waals surface area contributed by atoms with Gasteiger partial charge in [-0.1, -0.05) is 115 Å². The zero-order valence-electron chi connectivity index (χ0n) is 24.9. The third kappa shape index (κ3) is 17.7. The van der Waals surface area contributed by atoms with E-state index < -0.39 is 33.7 Å². The summed E-state index contributed by atoms with van der Waals surface area (Å²) in [5.74, 6) is -1.61. The van der Waals surface area contributed by atoms with E-state index >= 15 is 0 Å². The molecule has 0 saturated heterocycles. The fraction of sp³-hybridized carbons (Fsp3) is 0.800. The van der Waals surface area contributed by atoms with Crippen LogP contribution < -0.4 is 0 Å². The molecule has 0 aliphatic heterocycles. The second-order valence-electron chi connectivity index (χ2n) is 11.2. The molecule has 0 aromatic heterocycles. The van der Waals surface area contributed by atoms with Crippen LogP contribution in [0.15, 0.2) is 22.7 Å². The van der Waals surface area contributed by atoms with Gasteiger partial charge in [0.2, 0.25) is 0 Å². The van der Waals surface area contributed by atoms with Crippen LogP contribution in [-0.2, 0) is 29.2 Å². The van der Waals surface area contributed by atoms with Gasteiger partial charge in [-0.25, -0.2) is 0 Å². The molecule has 226 valence electrons. The van der Waals surface area contributed by atoms with Crippen LogP contribution >= 0.6 is 0 Å². The molecule has 0 aromatic carbocycles. The van der Waals surface area contributed by atoms with Crippen molar-refractivity contribution in [1.82, 2.24) is 0 Å². The average molecular weight is 609 g/mol. The van der Waals surface area contributed by atoms with Gasteiger partial charge >= 0.3 is 41.5 Å². The Hall–Kier alpha value is -0.138. The predicted molar refractivity (Wildman–Crippen MR) is 167 cm³/mol. The van der Waals surface area contributed by atoms with Gasteiger partial charge in [0.15, 0.2) is 5.25 Å². The van der Waals surface area contributed by atoms with Crippen molar-refractivity contribution in [1.29, 1.82) is 0 Å². The molecule has 0 bridgehead atoms. The van der Waals surface area contributed by atoms with Gasteiger partial charge in [0.1, 0.15) is 0 Å².